The Hall–Kier alpha value is -1.45. The Balaban J connectivity index is 1.99. The first kappa shape index (κ1) is 12.6. The van der Waals surface area contributed by atoms with E-state index in [9.17, 15) is 5.11 Å². The van der Waals surface area contributed by atoms with Crippen molar-refractivity contribution in [2.75, 3.05) is 13.6 Å². The number of nitrogens with zero attached hydrogens (tertiary/aromatic N) is 2. The van der Waals surface area contributed by atoms with Crippen LogP contribution in [0.5, 0.6) is 0 Å². The molecule has 3 heteroatoms. The highest BCUT2D eigenvalue weighted by molar-refractivity contribution is 5.79. The van der Waals surface area contributed by atoms with Crippen molar-refractivity contribution in [3.8, 4) is 0 Å². The van der Waals surface area contributed by atoms with Crippen molar-refractivity contribution in [2.45, 2.75) is 31.4 Å². The summed E-state index contributed by atoms with van der Waals surface area (Å²) in [6.07, 6.45) is 3.38. The lowest BCUT2D eigenvalue weighted by Gasteiger charge is -2.41. The van der Waals surface area contributed by atoms with Gasteiger partial charge in [0.2, 0.25) is 0 Å². The van der Waals surface area contributed by atoms with E-state index >= 15 is 0 Å². The molecule has 2 atom stereocenters. The predicted molar refractivity (Wildman–Crippen MR) is 77.0 cm³/mol. The van der Waals surface area contributed by atoms with Crippen LogP contribution < -0.4 is 0 Å². The fourth-order valence-corrected chi connectivity index (χ4v) is 2.96. The van der Waals surface area contributed by atoms with Crippen LogP contribution in [0.25, 0.3) is 10.9 Å². The van der Waals surface area contributed by atoms with Crippen molar-refractivity contribution in [2.24, 2.45) is 0 Å². The summed E-state index contributed by atoms with van der Waals surface area (Å²) in [6, 6.07) is 10.5. The van der Waals surface area contributed by atoms with Crippen LogP contribution in [0.1, 0.15) is 25.3 Å². The van der Waals surface area contributed by atoms with E-state index in [2.05, 4.69) is 29.9 Å². The van der Waals surface area contributed by atoms with E-state index in [1.54, 1.807) is 6.20 Å². The summed E-state index contributed by atoms with van der Waals surface area (Å²) in [5, 5.41) is 12.0. The van der Waals surface area contributed by atoms with Crippen molar-refractivity contribution in [3.05, 3.63) is 42.1 Å². The second-order valence-electron chi connectivity index (χ2n) is 5.73. The summed E-state index contributed by atoms with van der Waals surface area (Å²) in [4.78, 5) is 6.63. The van der Waals surface area contributed by atoms with Crippen molar-refractivity contribution < 1.29 is 5.11 Å². The molecule has 0 bridgehead atoms. The summed E-state index contributed by atoms with van der Waals surface area (Å²) in [7, 11) is 2.12. The predicted octanol–water partition coefficient (Wildman–Crippen LogP) is 2.54. The minimum absolute atomic E-state index is 0.406. The number of aliphatic hydroxyl groups is 1. The van der Waals surface area contributed by atoms with E-state index in [0.29, 0.717) is 6.04 Å². The number of pyridine rings is 1. The van der Waals surface area contributed by atoms with Crippen LogP contribution in [-0.2, 0) is 5.60 Å². The molecule has 1 aromatic heterocycles. The first-order valence-electron chi connectivity index (χ1n) is 6.86. The number of fused-ring (bicyclic) bond motifs is 1. The van der Waals surface area contributed by atoms with Crippen molar-refractivity contribution >= 4 is 10.9 Å². The van der Waals surface area contributed by atoms with Crippen LogP contribution in [-0.4, -0.2) is 34.6 Å². The van der Waals surface area contributed by atoms with Gasteiger partial charge in [-0.05, 0) is 50.6 Å². The monoisotopic (exact) mass is 256 g/mol. The van der Waals surface area contributed by atoms with E-state index in [4.69, 9.17) is 0 Å². The van der Waals surface area contributed by atoms with E-state index < -0.39 is 5.60 Å². The fraction of sp³-hybridized carbons (Fsp3) is 0.438. The largest absolute Gasteiger partial charge is 0.385 e. The third-order valence-electron chi connectivity index (χ3n) is 4.40. The molecule has 2 aromatic rings. The number of hydrogen-bond acceptors (Lipinski definition) is 3. The third kappa shape index (κ3) is 2.24. The second-order valence-corrected chi connectivity index (χ2v) is 5.73. The van der Waals surface area contributed by atoms with E-state index in [1.807, 2.05) is 24.3 Å². The Morgan fingerprint density at radius 1 is 1.37 bits per heavy atom. The van der Waals surface area contributed by atoms with Crippen LogP contribution in [0.3, 0.4) is 0 Å². The van der Waals surface area contributed by atoms with Crippen molar-refractivity contribution in [1.29, 1.82) is 0 Å². The molecule has 1 saturated heterocycles. The van der Waals surface area contributed by atoms with Gasteiger partial charge in [0.05, 0.1) is 11.1 Å². The molecule has 19 heavy (non-hydrogen) atoms. The number of aromatic nitrogens is 1. The number of benzene rings is 1. The van der Waals surface area contributed by atoms with Gasteiger partial charge in [0, 0.05) is 24.2 Å². The zero-order chi connectivity index (χ0) is 13.5. The maximum absolute atomic E-state index is 10.9. The van der Waals surface area contributed by atoms with Gasteiger partial charge >= 0.3 is 0 Å². The molecule has 1 fully saturated rings. The lowest BCUT2D eigenvalue weighted by molar-refractivity contribution is -0.0407. The molecule has 0 radical (unpaired) electrons. The number of hydrogen-bond donors (Lipinski definition) is 1. The van der Waals surface area contributed by atoms with Gasteiger partial charge in [-0.15, -0.1) is 0 Å². The third-order valence-corrected chi connectivity index (χ3v) is 4.40. The quantitative estimate of drug-likeness (QED) is 0.852. The van der Waals surface area contributed by atoms with Crippen LogP contribution >= 0.6 is 0 Å². The molecule has 3 rings (SSSR count). The van der Waals surface area contributed by atoms with Gasteiger partial charge in [0.15, 0.2) is 0 Å². The van der Waals surface area contributed by atoms with Crippen LogP contribution in [0, 0.1) is 0 Å². The molecule has 0 saturated carbocycles. The standard InChI is InChI=1S/C16H20N2O/c1-12-11-16(19,7-9-18(12)2)14-5-6-15-13(10-14)4-3-8-17-15/h3-6,8,10,12,19H,7,9,11H2,1-2H3. The Morgan fingerprint density at radius 2 is 2.21 bits per heavy atom. The molecule has 1 aromatic carbocycles. The second kappa shape index (κ2) is 4.58. The van der Waals surface area contributed by atoms with Gasteiger partial charge in [0.25, 0.3) is 0 Å². The molecule has 0 aliphatic carbocycles. The molecule has 3 nitrogen and oxygen atoms in total. The molecular formula is C16H20N2O. The lowest BCUT2D eigenvalue weighted by atomic mass is 9.81. The molecule has 100 valence electrons. The van der Waals surface area contributed by atoms with E-state index in [-0.39, 0.29) is 0 Å². The molecule has 2 heterocycles. The molecule has 1 N–H and O–H groups in total. The SMILES string of the molecule is CC1CC(O)(c2ccc3ncccc3c2)CCN1C. The molecule has 2 unspecified atom stereocenters. The zero-order valence-corrected chi connectivity index (χ0v) is 11.5. The van der Waals surface area contributed by atoms with Gasteiger partial charge < -0.3 is 10.0 Å². The van der Waals surface area contributed by atoms with Crippen molar-refractivity contribution in [1.82, 2.24) is 9.88 Å². The highest BCUT2D eigenvalue weighted by Gasteiger charge is 2.36. The maximum Gasteiger partial charge on any atom is 0.0923 e. The Morgan fingerprint density at radius 3 is 3.00 bits per heavy atom. The van der Waals surface area contributed by atoms with Gasteiger partial charge in [0.1, 0.15) is 0 Å². The Labute approximate surface area is 113 Å². The number of likely N-dealkylation sites (tertiary alicyclic amines) is 1. The van der Waals surface area contributed by atoms with E-state index in [0.717, 1.165) is 35.9 Å². The first-order chi connectivity index (χ1) is 9.08. The van der Waals surface area contributed by atoms with Gasteiger partial charge in [-0.3, -0.25) is 4.98 Å². The van der Waals surface area contributed by atoms with E-state index in [1.165, 1.54) is 0 Å². The summed E-state index contributed by atoms with van der Waals surface area (Å²) < 4.78 is 0. The van der Waals surface area contributed by atoms with Gasteiger partial charge in [-0.2, -0.15) is 0 Å². The minimum atomic E-state index is -0.698. The number of rotatable bonds is 1. The maximum atomic E-state index is 10.9. The Bertz CT molecular complexity index is 598. The van der Waals surface area contributed by atoms with Crippen LogP contribution in [0.15, 0.2) is 36.5 Å². The first-order valence-corrected chi connectivity index (χ1v) is 6.86. The average molecular weight is 256 g/mol. The van der Waals surface area contributed by atoms with Crippen molar-refractivity contribution in [3.63, 3.8) is 0 Å². The molecule has 1 aliphatic heterocycles. The minimum Gasteiger partial charge on any atom is -0.385 e. The topological polar surface area (TPSA) is 36.4 Å². The highest BCUT2D eigenvalue weighted by Crippen LogP contribution is 2.36. The fourth-order valence-electron chi connectivity index (χ4n) is 2.96. The zero-order valence-electron chi connectivity index (χ0n) is 11.5. The van der Waals surface area contributed by atoms with Crippen LogP contribution in [0.2, 0.25) is 0 Å². The number of piperidine rings is 1. The lowest BCUT2D eigenvalue weighted by Crippen LogP contribution is -2.45. The summed E-state index contributed by atoms with van der Waals surface area (Å²) in [6.45, 7) is 3.11. The summed E-state index contributed by atoms with van der Waals surface area (Å²) in [5.41, 5.74) is 1.31. The molecule has 0 amide bonds. The average Bonchev–Trinajstić information content (AvgIpc) is 2.43. The highest BCUT2D eigenvalue weighted by atomic mass is 16.3. The van der Waals surface area contributed by atoms with Gasteiger partial charge in [-0.1, -0.05) is 12.1 Å². The summed E-state index contributed by atoms with van der Waals surface area (Å²) in [5.74, 6) is 0. The normalized spacial score (nSPS) is 28.7. The molecule has 0 spiro atoms. The smallest absolute Gasteiger partial charge is 0.0923 e. The molecular weight excluding hydrogens is 236 g/mol. The Kier molecular flexibility index (Phi) is 3.03. The molecule has 1 aliphatic rings. The van der Waals surface area contributed by atoms with Gasteiger partial charge in [-0.25, -0.2) is 0 Å². The summed E-state index contributed by atoms with van der Waals surface area (Å²) >= 11 is 0. The van der Waals surface area contributed by atoms with Crippen LogP contribution in [0.4, 0.5) is 0 Å².